The van der Waals surface area contributed by atoms with Crippen molar-refractivity contribution in [3.05, 3.63) is 125 Å². The van der Waals surface area contributed by atoms with Gasteiger partial charge in [0.1, 0.15) is 5.82 Å². The van der Waals surface area contributed by atoms with Gasteiger partial charge >= 0.3 is 0 Å². The van der Waals surface area contributed by atoms with Crippen LogP contribution in [0, 0.1) is 5.82 Å². The lowest BCUT2D eigenvalue weighted by atomic mass is 9.87. The molecule has 1 aliphatic rings. The Balaban J connectivity index is 1.15. The highest BCUT2D eigenvalue weighted by atomic mass is 32.2. The number of fused-ring (bicyclic) bond motifs is 2. The van der Waals surface area contributed by atoms with E-state index in [1.54, 1.807) is 30.1 Å². The first-order valence-corrected chi connectivity index (χ1v) is 13.8. The van der Waals surface area contributed by atoms with Gasteiger partial charge in [-0.3, -0.25) is 9.78 Å². The lowest BCUT2D eigenvalue weighted by Gasteiger charge is -2.26. The maximum Gasteiger partial charge on any atom is 0.251 e. The molecule has 1 atom stereocenters. The van der Waals surface area contributed by atoms with Crippen LogP contribution >= 0.6 is 11.8 Å². The Hall–Kier alpha value is -3.97. The number of carbonyl (C=O) groups is 1. The number of hydrogen-bond acceptors (Lipinski definition) is 4. The number of nitrogens with one attached hydrogen (secondary N) is 1. The minimum Gasteiger partial charge on any atom is -0.345 e. The average molecular weight is 523 g/mol. The second-order valence-corrected chi connectivity index (χ2v) is 10.5. The quantitative estimate of drug-likeness (QED) is 0.241. The predicted molar refractivity (Wildman–Crippen MR) is 149 cm³/mol. The van der Waals surface area contributed by atoms with E-state index < -0.39 is 0 Å². The van der Waals surface area contributed by atoms with Crippen molar-refractivity contribution >= 4 is 28.7 Å². The molecule has 5 aromatic rings. The topological polar surface area (TPSA) is 59.8 Å². The predicted octanol–water partition coefficient (Wildman–Crippen LogP) is 6.72. The number of aryl methyl sites for hydroxylation is 1. The number of rotatable bonds is 7. The van der Waals surface area contributed by atoms with Crippen molar-refractivity contribution in [2.45, 2.75) is 42.8 Å². The van der Waals surface area contributed by atoms with Crippen LogP contribution in [-0.4, -0.2) is 20.4 Å². The maximum absolute atomic E-state index is 13.4. The summed E-state index contributed by atoms with van der Waals surface area (Å²) in [5.74, 6) is 0.415. The lowest BCUT2D eigenvalue weighted by molar-refractivity contribution is 0.0932. The van der Waals surface area contributed by atoms with E-state index in [9.17, 15) is 9.18 Å². The summed E-state index contributed by atoms with van der Waals surface area (Å²) < 4.78 is 15.5. The standard InChI is InChI=1S/C31H27FN4OS/c32-25-14-10-21(11-15-25)19-36-29-18-33-17-16-28(29)35-31(36)38-20-22-8-12-24(13-9-22)30(37)34-27-7-3-5-23-4-1-2-6-26(23)27/h1-2,4,6,8-18,27H,3,5,7,19-20H2,(H,34,37)/t27-/m0/s1. The van der Waals surface area contributed by atoms with Gasteiger partial charge in [-0.2, -0.15) is 0 Å². The molecule has 2 heterocycles. The van der Waals surface area contributed by atoms with Crippen molar-refractivity contribution in [3.8, 4) is 0 Å². The summed E-state index contributed by atoms with van der Waals surface area (Å²) in [4.78, 5) is 22.1. The van der Waals surface area contributed by atoms with Crippen molar-refractivity contribution in [1.82, 2.24) is 19.9 Å². The van der Waals surface area contributed by atoms with Gasteiger partial charge in [0.25, 0.3) is 5.91 Å². The van der Waals surface area contributed by atoms with Crippen molar-refractivity contribution in [2.75, 3.05) is 0 Å². The minimum absolute atomic E-state index is 0.0421. The highest BCUT2D eigenvalue weighted by Crippen LogP contribution is 2.30. The Morgan fingerprint density at radius 3 is 2.63 bits per heavy atom. The van der Waals surface area contributed by atoms with Crippen LogP contribution in [0.1, 0.15) is 51.5 Å². The van der Waals surface area contributed by atoms with Crippen LogP contribution in [0.3, 0.4) is 0 Å². The van der Waals surface area contributed by atoms with Gasteiger partial charge in [-0.1, -0.05) is 60.3 Å². The first-order valence-electron chi connectivity index (χ1n) is 12.8. The van der Waals surface area contributed by atoms with E-state index in [-0.39, 0.29) is 17.8 Å². The number of hydrogen-bond donors (Lipinski definition) is 1. The minimum atomic E-state index is -0.249. The van der Waals surface area contributed by atoms with Crippen LogP contribution < -0.4 is 5.32 Å². The summed E-state index contributed by atoms with van der Waals surface area (Å²) in [5.41, 5.74) is 7.14. The second kappa shape index (κ2) is 10.8. The molecule has 0 fully saturated rings. The molecule has 6 rings (SSSR count). The molecule has 3 aromatic carbocycles. The highest BCUT2D eigenvalue weighted by molar-refractivity contribution is 7.98. The first-order chi connectivity index (χ1) is 18.6. The third kappa shape index (κ3) is 5.20. The zero-order valence-electron chi connectivity index (χ0n) is 20.8. The van der Waals surface area contributed by atoms with Gasteiger partial charge in [0, 0.05) is 17.5 Å². The fourth-order valence-electron chi connectivity index (χ4n) is 5.03. The molecule has 5 nitrogen and oxygen atoms in total. The molecule has 7 heteroatoms. The van der Waals surface area contributed by atoms with E-state index >= 15 is 0 Å². The molecule has 2 aromatic heterocycles. The summed E-state index contributed by atoms with van der Waals surface area (Å²) in [6.07, 6.45) is 6.67. The number of benzene rings is 3. The zero-order chi connectivity index (χ0) is 25.9. The SMILES string of the molecule is O=C(N[C@H]1CCCc2ccccc21)c1ccc(CSc2nc3ccncc3n2Cc2ccc(F)cc2)cc1. The van der Waals surface area contributed by atoms with Gasteiger partial charge in [-0.05, 0) is 71.8 Å². The number of thioether (sulfide) groups is 1. The summed E-state index contributed by atoms with van der Waals surface area (Å²) in [5, 5.41) is 4.10. The molecule has 0 spiro atoms. The van der Waals surface area contributed by atoms with Crippen LogP contribution in [0.2, 0.25) is 0 Å². The summed E-state index contributed by atoms with van der Waals surface area (Å²) >= 11 is 1.63. The first kappa shape index (κ1) is 24.4. The Morgan fingerprint density at radius 2 is 1.79 bits per heavy atom. The lowest BCUT2D eigenvalue weighted by Crippen LogP contribution is -2.30. The third-order valence-electron chi connectivity index (χ3n) is 7.03. The van der Waals surface area contributed by atoms with Crippen molar-refractivity contribution in [1.29, 1.82) is 0 Å². The number of aromatic nitrogens is 3. The Morgan fingerprint density at radius 1 is 1.00 bits per heavy atom. The Labute approximate surface area is 225 Å². The largest absolute Gasteiger partial charge is 0.345 e. The van der Waals surface area contributed by atoms with Crippen molar-refractivity contribution in [2.24, 2.45) is 0 Å². The molecule has 0 saturated heterocycles. The summed E-state index contributed by atoms with van der Waals surface area (Å²) in [7, 11) is 0. The molecule has 0 unspecified atom stereocenters. The smallest absolute Gasteiger partial charge is 0.251 e. The van der Waals surface area contributed by atoms with E-state index in [0.717, 1.165) is 46.6 Å². The van der Waals surface area contributed by atoms with E-state index in [1.807, 2.05) is 42.6 Å². The number of pyridine rings is 1. The van der Waals surface area contributed by atoms with Crippen molar-refractivity contribution in [3.63, 3.8) is 0 Å². The molecule has 0 radical (unpaired) electrons. The number of amides is 1. The van der Waals surface area contributed by atoms with Gasteiger partial charge < -0.3 is 9.88 Å². The third-order valence-corrected chi connectivity index (χ3v) is 8.08. The molecule has 1 aliphatic carbocycles. The molecular formula is C31H27FN4OS. The molecule has 38 heavy (non-hydrogen) atoms. The number of halogens is 1. The molecule has 190 valence electrons. The van der Waals surface area contributed by atoms with Crippen LogP contribution in [0.4, 0.5) is 4.39 Å². The molecule has 1 N–H and O–H groups in total. The maximum atomic E-state index is 13.4. The molecule has 1 amide bonds. The van der Waals surface area contributed by atoms with Gasteiger partial charge in [0.2, 0.25) is 0 Å². The normalized spacial score (nSPS) is 14.8. The fourth-order valence-corrected chi connectivity index (χ4v) is 6.00. The van der Waals surface area contributed by atoms with E-state index in [2.05, 4.69) is 33.1 Å². The summed E-state index contributed by atoms with van der Waals surface area (Å²) in [6, 6.07) is 24.7. The van der Waals surface area contributed by atoms with Gasteiger partial charge in [0.05, 0.1) is 29.8 Å². The number of nitrogens with zero attached hydrogens (tertiary/aromatic N) is 3. The van der Waals surface area contributed by atoms with Gasteiger partial charge in [0.15, 0.2) is 5.16 Å². The zero-order valence-corrected chi connectivity index (χ0v) is 21.6. The average Bonchev–Trinajstić information content (AvgIpc) is 3.30. The number of imidazole rings is 1. The van der Waals surface area contributed by atoms with Crippen LogP contribution in [-0.2, 0) is 18.7 Å². The molecule has 0 bridgehead atoms. The Bertz CT molecular complexity index is 1580. The number of carbonyl (C=O) groups excluding carboxylic acids is 1. The fraction of sp³-hybridized carbons (Fsp3) is 0.194. The monoisotopic (exact) mass is 522 g/mol. The van der Waals surface area contributed by atoms with E-state index in [4.69, 9.17) is 4.98 Å². The van der Waals surface area contributed by atoms with E-state index in [1.165, 1.54) is 23.3 Å². The van der Waals surface area contributed by atoms with Crippen molar-refractivity contribution < 1.29 is 9.18 Å². The molecule has 0 saturated carbocycles. The van der Waals surface area contributed by atoms with Gasteiger partial charge in [-0.25, -0.2) is 9.37 Å². The van der Waals surface area contributed by atoms with Crippen LogP contribution in [0.15, 0.2) is 96.4 Å². The van der Waals surface area contributed by atoms with Crippen LogP contribution in [0.5, 0.6) is 0 Å². The van der Waals surface area contributed by atoms with Crippen LogP contribution in [0.25, 0.3) is 11.0 Å². The van der Waals surface area contributed by atoms with Gasteiger partial charge in [-0.15, -0.1) is 0 Å². The highest BCUT2D eigenvalue weighted by Gasteiger charge is 2.22. The molecule has 0 aliphatic heterocycles. The summed E-state index contributed by atoms with van der Waals surface area (Å²) in [6.45, 7) is 0.578. The Kier molecular flexibility index (Phi) is 6.92. The van der Waals surface area contributed by atoms with E-state index in [0.29, 0.717) is 17.9 Å². The second-order valence-electron chi connectivity index (χ2n) is 9.57. The molecular weight excluding hydrogens is 495 g/mol.